The van der Waals surface area contributed by atoms with Gasteiger partial charge in [0.05, 0.1) is 59.2 Å². The van der Waals surface area contributed by atoms with Crippen molar-refractivity contribution in [1.82, 2.24) is 24.4 Å². The molecular weight excluding hydrogens is 637 g/mol. The summed E-state index contributed by atoms with van der Waals surface area (Å²) < 4.78 is 37.0. The van der Waals surface area contributed by atoms with Crippen LogP contribution in [0.4, 0.5) is 11.5 Å². The molecule has 3 aliphatic rings. The molecule has 2 aliphatic heterocycles. The van der Waals surface area contributed by atoms with Crippen LogP contribution >= 0.6 is 22.6 Å². The first-order valence-electron chi connectivity index (χ1n) is 13.3. The lowest BCUT2D eigenvalue weighted by atomic mass is 9.87. The van der Waals surface area contributed by atoms with Crippen LogP contribution in [0.3, 0.4) is 0 Å². The molecule has 1 aliphatic carbocycles. The maximum atomic E-state index is 13.5. The van der Waals surface area contributed by atoms with Crippen molar-refractivity contribution < 1.29 is 22.1 Å². The lowest BCUT2D eigenvalue weighted by molar-refractivity contribution is 0.0988. The second-order valence-electron chi connectivity index (χ2n) is 10.8. The number of fused-ring (bicyclic) bond motifs is 3. The summed E-state index contributed by atoms with van der Waals surface area (Å²) in [5, 5.41) is 12.3. The van der Waals surface area contributed by atoms with E-state index in [1.54, 1.807) is 10.7 Å². The third-order valence-electron chi connectivity index (χ3n) is 7.89. The Balaban J connectivity index is 1.17. The van der Waals surface area contributed by atoms with Gasteiger partial charge in [0.25, 0.3) is 16.0 Å². The molecule has 3 aromatic rings. The molecule has 3 atom stereocenters. The molecule has 2 bridgehead atoms. The third kappa shape index (κ3) is 5.65. The van der Waals surface area contributed by atoms with Gasteiger partial charge in [-0.3, -0.25) is 13.7 Å². The van der Waals surface area contributed by atoms with Crippen LogP contribution in [0.25, 0.3) is 5.65 Å². The third-order valence-corrected chi connectivity index (χ3v) is 9.04. The first-order valence-corrected chi connectivity index (χ1v) is 16.3. The van der Waals surface area contributed by atoms with Gasteiger partial charge in [0.1, 0.15) is 11.4 Å². The number of nitrogens with one attached hydrogen (secondary N) is 1. The van der Waals surface area contributed by atoms with Gasteiger partial charge in [-0.1, -0.05) is 22.6 Å². The molecule has 5 heterocycles. The van der Waals surface area contributed by atoms with Crippen molar-refractivity contribution in [3.63, 3.8) is 0 Å². The summed E-state index contributed by atoms with van der Waals surface area (Å²) in [5.41, 5.74) is 2.40. The van der Waals surface area contributed by atoms with Crippen molar-refractivity contribution in [2.45, 2.75) is 61.1 Å². The van der Waals surface area contributed by atoms with E-state index in [0.29, 0.717) is 29.5 Å². The monoisotopic (exact) mass is 669 g/mol. The molecule has 0 radical (unpaired) electrons. The zero-order valence-corrected chi connectivity index (χ0v) is 24.8. The molecule has 0 aromatic carbocycles. The van der Waals surface area contributed by atoms with Gasteiger partial charge >= 0.3 is 0 Å². The number of halogens is 1. The van der Waals surface area contributed by atoms with Crippen LogP contribution in [-0.4, -0.2) is 76.9 Å². The second-order valence-corrected chi connectivity index (χ2v) is 14.3. The van der Waals surface area contributed by atoms with Crippen molar-refractivity contribution in [2.24, 2.45) is 5.92 Å². The number of anilines is 2. The summed E-state index contributed by atoms with van der Waals surface area (Å²) in [6.45, 7) is 3.79. The number of rotatable bonds is 8. The van der Waals surface area contributed by atoms with E-state index in [2.05, 4.69) is 37.9 Å². The van der Waals surface area contributed by atoms with E-state index >= 15 is 0 Å². The van der Waals surface area contributed by atoms with Crippen LogP contribution in [0.2, 0.25) is 0 Å². The summed E-state index contributed by atoms with van der Waals surface area (Å²) >= 11 is 2.30. The van der Waals surface area contributed by atoms with Crippen molar-refractivity contribution >= 4 is 55.8 Å². The molecule has 0 spiro atoms. The number of alkyl halides is 1. The maximum Gasteiger partial charge on any atom is 0.264 e. The smallest absolute Gasteiger partial charge is 0.264 e. The van der Waals surface area contributed by atoms with E-state index in [-0.39, 0.29) is 34.5 Å². The molecule has 1 N–H and O–H groups in total. The number of hydrogen-bond donors (Lipinski definition) is 1. The van der Waals surface area contributed by atoms with Crippen molar-refractivity contribution in [1.29, 1.82) is 0 Å². The molecule has 14 heteroatoms. The summed E-state index contributed by atoms with van der Waals surface area (Å²) in [6.07, 6.45) is 11.1. The van der Waals surface area contributed by atoms with Gasteiger partial charge in [0.2, 0.25) is 0 Å². The Hall–Kier alpha value is -2.30. The number of amides is 1. The van der Waals surface area contributed by atoms with Crippen LogP contribution in [0, 0.1) is 5.92 Å². The van der Waals surface area contributed by atoms with Crippen LogP contribution in [0.1, 0.15) is 65.0 Å². The molecular formula is C25H32IN7O5S. The zero-order chi connectivity index (χ0) is 27.3. The number of hydrogen-bond acceptors (Lipinski definition) is 9. The quantitative estimate of drug-likeness (QED) is 0.218. The average Bonchev–Trinajstić information content (AvgIpc) is 3.70. The fraction of sp³-hybridized carbons (Fsp3) is 0.600. The Morgan fingerprint density at radius 2 is 2.08 bits per heavy atom. The summed E-state index contributed by atoms with van der Waals surface area (Å²) in [7, 11) is -3.43. The van der Waals surface area contributed by atoms with Gasteiger partial charge < -0.3 is 15.0 Å². The highest BCUT2D eigenvalue weighted by atomic mass is 127. The highest BCUT2D eigenvalue weighted by Crippen LogP contribution is 2.36. The number of nitrogens with zero attached hydrogens (tertiary/aromatic N) is 6. The Bertz CT molecular complexity index is 1480. The van der Waals surface area contributed by atoms with Crippen molar-refractivity contribution in [2.75, 3.05) is 36.2 Å². The highest BCUT2D eigenvalue weighted by Gasteiger charge is 2.39. The molecule has 12 nitrogen and oxygen atoms in total. The first-order chi connectivity index (χ1) is 18.6. The lowest BCUT2D eigenvalue weighted by Crippen LogP contribution is -2.37. The lowest BCUT2D eigenvalue weighted by Gasteiger charge is -2.28. The number of ether oxygens (including phenoxy) is 1. The van der Waals surface area contributed by atoms with E-state index in [4.69, 9.17) is 19.0 Å². The highest BCUT2D eigenvalue weighted by molar-refractivity contribution is 14.1. The maximum absolute atomic E-state index is 13.5. The summed E-state index contributed by atoms with van der Waals surface area (Å²) in [5.74, 6) is 0.769. The number of morpholine rings is 1. The number of carbonyl (C=O) groups excluding carboxylic acids is 1. The van der Waals surface area contributed by atoms with E-state index in [1.165, 1.54) is 0 Å². The fourth-order valence-corrected chi connectivity index (χ4v) is 6.73. The normalized spacial score (nSPS) is 25.9. The topological polar surface area (TPSA) is 133 Å². The average molecular weight is 670 g/mol. The Morgan fingerprint density at radius 1 is 1.28 bits per heavy atom. The SMILES string of the molecule is CC(I)c1nn([C@H]2CC[C@H](COS(C)(=O)=O)CC2)cc1NC(=O)c1cnn2ccc(N3C[C@H]4C[C@@H]3CO4)nc12. The summed E-state index contributed by atoms with van der Waals surface area (Å²) in [4.78, 5) is 20.5. The minimum atomic E-state index is -3.43. The van der Waals surface area contributed by atoms with Crippen LogP contribution < -0.4 is 10.2 Å². The van der Waals surface area contributed by atoms with E-state index < -0.39 is 10.1 Å². The van der Waals surface area contributed by atoms with E-state index in [0.717, 1.165) is 56.4 Å². The minimum absolute atomic E-state index is 0.0834. The Morgan fingerprint density at radius 3 is 2.74 bits per heavy atom. The van der Waals surface area contributed by atoms with Gasteiger partial charge in [-0.2, -0.15) is 18.6 Å². The van der Waals surface area contributed by atoms with Crippen LogP contribution in [0.5, 0.6) is 0 Å². The zero-order valence-electron chi connectivity index (χ0n) is 21.9. The molecule has 3 fully saturated rings. The Labute approximate surface area is 240 Å². The van der Waals surface area contributed by atoms with Gasteiger partial charge in [-0.15, -0.1) is 0 Å². The molecule has 1 amide bonds. The number of aromatic nitrogens is 5. The summed E-state index contributed by atoms with van der Waals surface area (Å²) in [6, 6.07) is 2.44. The van der Waals surface area contributed by atoms with Crippen LogP contribution in [0.15, 0.2) is 24.7 Å². The minimum Gasteiger partial charge on any atom is -0.374 e. The van der Waals surface area contributed by atoms with E-state index in [9.17, 15) is 13.2 Å². The van der Waals surface area contributed by atoms with E-state index in [1.807, 2.05) is 30.1 Å². The molecule has 39 heavy (non-hydrogen) atoms. The van der Waals surface area contributed by atoms with Crippen LogP contribution in [-0.2, 0) is 19.0 Å². The molecule has 1 saturated carbocycles. The van der Waals surface area contributed by atoms with Crippen molar-refractivity contribution in [3.8, 4) is 0 Å². The molecule has 1 unspecified atom stereocenters. The predicted octanol–water partition coefficient (Wildman–Crippen LogP) is 3.36. The number of carbonyl (C=O) groups is 1. The largest absolute Gasteiger partial charge is 0.374 e. The van der Waals surface area contributed by atoms with Gasteiger partial charge in [0, 0.05) is 18.9 Å². The standard InChI is InChI=1S/C25H32IN7O5S/c1-15(26)23-21(12-33(30-23)17-5-3-16(4-6-17)13-38-39(2,35)36)28-25(34)20-10-27-32-8-7-22(29-24(20)32)31-11-19-9-18(31)14-37-19/h7-8,10,12,15-19H,3-6,9,11,13-14H2,1-2H3,(H,28,34)/t15?,16-,17-,18-,19-/m1/s1. The molecule has 6 rings (SSSR count). The first kappa shape index (κ1) is 26.9. The van der Waals surface area contributed by atoms with Crippen molar-refractivity contribution in [3.05, 3.63) is 35.9 Å². The molecule has 2 saturated heterocycles. The van der Waals surface area contributed by atoms with Gasteiger partial charge in [-0.05, 0) is 51.0 Å². The van der Waals surface area contributed by atoms with Gasteiger partial charge in [-0.25, -0.2) is 9.50 Å². The van der Waals surface area contributed by atoms with Gasteiger partial charge in [0.15, 0.2) is 5.65 Å². The fourth-order valence-electron chi connectivity index (χ4n) is 5.83. The Kier molecular flexibility index (Phi) is 7.31. The molecule has 210 valence electrons. The predicted molar refractivity (Wildman–Crippen MR) is 153 cm³/mol. The molecule has 3 aromatic heterocycles. The second kappa shape index (κ2) is 10.6.